The second kappa shape index (κ2) is 11.1. The predicted octanol–water partition coefficient (Wildman–Crippen LogP) is 4.84. The maximum absolute atomic E-state index is 12.1. The Morgan fingerprint density at radius 1 is 1.18 bits per heavy atom. The van der Waals surface area contributed by atoms with Crippen molar-refractivity contribution in [1.82, 2.24) is 5.43 Å². The number of carbonyl (C=O) groups excluding carboxylic acids is 1. The van der Waals surface area contributed by atoms with E-state index < -0.39 is 10.8 Å². The molecule has 3 aromatic rings. The second-order valence-electron chi connectivity index (χ2n) is 7.17. The van der Waals surface area contributed by atoms with E-state index in [1.165, 1.54) is 25.5 Å². The summed E-state index contributed by atoms with van der Waals surface area (Å²) in [5.74, 6) is 0.331. The van der Waals surface area contributed by atoms with Crippen LogP contribution in [-0.4, -0.2) is 24.2 Å². The molecule has 3 rings (SSSR count). The largest absolute Gasteiger partial charge is 0.493 e. The van der Waals surface area contributed by atoms with Crippen LogP contribution in [0.2, 0.25) is 5.02 Å². The van der Waals surface area contributed by atoms with Gasteiger partial charge in [-0.1, -0.05) is 59.6 Å². The number of nitrogens with one attached hydrogen (secondary N) is 1. The first-order valence-electron chi connectivity index (χ1n) is 9.97. The molecule has 170 valence electrons. The molecule has 0 atom stereocenters. The van der Waals surface area contributed by atoms with Crippen molar-refractivity contribution in [2.75, 3.05) is 7.11 Å². The Kier molecular flexibility index (Phi) is 7.99. The van der Waals surface area contributed by atoms with E-state index in [1.54, 1.807) is 24.3 Å². The van der Waals surface area contributed by atoms with Crippen molar-refractivity contribution in [2.24, 2.45) is 5.10 Å². The van der Waals surface area contributed by atoms with E-state index in [-0.39, 0.29) is 12.1 Å². The van der Waals surface area contributed by atoms with E-state index >= 15 is 0 Å². The summed E-state index contributed by atoms with van der Waals surface area (Å²) in [5.41, 5.74) is 5.25. The van der Waals surface area contributed by atoms with E-state index in [0.717, 1.165) is 11.1 Å². The number of aryl methyl sites for hydroxylation is 1. The van der Waals surface area contributed by atoms with Crippen LogP contribution in [0.1, 0.15) is 22.3 Å². The number of carbonyl (C=O) groups is 1. The van der Waals surface area contributed by atoms with Crippen LogP contribution in [0.25, 0.3) is 0 Å². The van der Waals surface area contributed by atoms with Crippen LogP contribution in [0.3, 0.4) is 0 Å². The minimum Gasteiger partial charge on any atom is -0.493 e. The number of hydrogen-bond donors (Lipinski definition) is 1. The summed E-state index contributed by atoms with van der Waals surface area (Å²) in [6.07, 6.45) is 1.22. The topological polar surface area (TPSA) is 103 Å². The first-order valence-corrected chi connectivity index (χ1v) is 10.3. The Balaban J connectivity index is 1.65. The molecule has 0 bridgehead atoms. The number of para-hydroxylation sites is 1. The number of nitrogens with zero attached hydrogens (tertiary/aromatic N) is 2. The molecule has 1 amide bonds. The zero-order valence-corrected chi connectivity index (χ0v) is 18.8. The van der Waals surface area contributed by atoms with Crippen LogP contribution >= 0.6 is 11.6 Å². The van der Waals surface area contributed by atoms with Gasteiger partial charge in [-0.3, -0.25) is 14.9 Å². The van der Waals surface area contributed by atoms with Crippen LogP contribution in [0.5, 0.6) is 11.5 Å². The van der Waals surface area contributed by atoms with Gasteiger partial charge in [0.2, 0.25) is 5.91 Å². The number of nitro groups is 1. The number of halogens is 1. The van der Waals surface area contributed by atoms with Crippen LogP contribution < -0.4 is 14.9 Å². The van der Waals surface area contributed by atoms with Gasteiger partial charge in [0.25, 0.3) is 5.69 Å². The second-order valence-corrected chi connectivity index (χ2v) is 7.57. The van der Waals surface area contributed by atoms with Crippen LogP contribution in [0.4, 0.5) is 5.69 Å². The highest BCUT2D eigenvalue weighted by Gasteiger charge is 2.15. The van der Waals surface area contributed by atoms with Crippen LogP contribution in [0.15, 0.2) is 65.8 Å². The third-order valence-electron chi connectivity index (χ3n) is 4.66. The summed E-state index contributed by atoms with van der Waals surface area (Å²) in [7, 11) is 1.50. The standard InChI is InChI=1S/C24H22ClN3O5/c1-16-6-5-7-17(10-16)15-33-24-20(25)11-18(12-22(24)32-2)14-26-27-23(29)13-19-8-3-4-9-21(19)28(30)31/h3-12,14H,13,15H2,1-2H3,(H,27,29)/b26-14+. The highest BCUT2D eigenvalue weighted by Crippen LogP contribution is 2.36. The Labute approximate surface area is 195 Å². The van der Waals surface area contributed by atoms with Crippen LogP contribution in [0, 0.1) is 17.0 Å². The van der Waals surface area contributed by atoms with Gasteiger partial charge in [-0.2, -0.15) is 5.10 Å². The first-order chi connectivity index (χ1) is 15.9. The monoisotopic (exact) mass is 467 g/mol. The molecular formula is C24H22ClN3O5. The van der Waals surface area contributed by atoms with Crippen molar-refractivity contribution < 1.29 is 19.2 Å². The summed E-state index contributed by atoms with van der Waals surface area (Å²) in [4.78, 5) is 22.7. The van der Waals surface area contributed by atoms with Crippen molar-refractivity contribution in [3.63, 3.8) is 0 Å². The maximum Gasteiger partial charge on any atom is 0.273 e. The molecule has 0 spiro atoms. The molecular weight excluding hydrogens is 446 g/mol. The van der Waals surface area contributed by atoms with E-state index in [2.05, 4.69) is 10.5 Å². The summed E-state index contributed by atoms with van der Waals surface area (Å²) in [6, 6.07) is 17.3. The molecule has 9 heteroatoms. The molecule has 0 aliphatic carbocycles. The molecule has 0 unspecified atom stereocenters. The number of methoxy groups -OCH3 is 1. The summed E-state index contributed by atoms with van der Waals surface area (Å²) < 4.78 is 11.3. The Hall–Kier alpha value is -3.91. The number of rotatable bonds is 9. The van der Waals surface area contributed by atoms with E-state index in [1.807, 2.05) is 31.2 Å². The smallest absolute Gasteiger partial charge is 0.273 e. The zero-order valence-electron chi connectivity index (χ0n) is 18.1. The zero-order chi connectivity index (χ0) is 23.8. The molecule has 0 aliphatic rings. The molecule has 0 saturated carbocycles. The lowest BCUT2D eigenvalue weighted by Gasteiger charge is -2.13. The third kappa shape index (κ3) is 6.54. The fraction of sp³-hybridized carbons (Fsp3) is 0.167. The Morgan fingerprint density at radius 3 is 2.70 bits per heavy atom. The number of amides is 1. The van der Waals surface area contributed by atoms with Crippen molar-refractivity contribution in [3.8, 4) is 11.5 Å². The average molecular weight is 468 g/mol. The van der Waals surface area contributed by atoms with Gasteiger partial charge >= 0.3 is 0 Å². The molecule has 8 nitrogen and oxygen atoms in total. The number of benzene rings is 3. The van der Waals surface area contributed by atoms with Gasteiger partial charge < -0.3 is 9.47 Å². The number of hydrazone groups is 1. The van der Waals surface area contributed by atoms with Crippen molar-refractivity contribution in [2.45, 2.75) is 20.0 Å². The summed E-state index contributed by atoms with van der Waals surface area (Å²) in [6.45, 7) is 2.33. The molecule has 3 aromatic carbocycles. The predicted molar refractivity (Wildman–Crippen MR) is 126 cm³/mol. The minimum absolute atomic E-state index is 0.116. The molecule has 0 aliphatic heterocycles. The fourth-order valence-electron chi connectivity index (χ4n) is 3.14. The maximum atomic E-state index is 12.1. The summed E-state index contributed by atoms with van der Waals surface area (Å²) in [5, 5.41) is 15.3. The Morgan fingerprint density at radius 2 is 1.97 bits per heavy atom. The lowest BCUT2D eigenvalue weighted by atomic mass is 10.1. The van der Waals surface area contributed by atoms with Gasteiger partial charge in [0.1, 0.15) is 6.61 Å². The molecule has 0 fully saturated rings. The van der Waals surface area contributed by atoms with Gasteiger partial charge in [-0.05, 0) is 30.2 Å². The van der Waals surface area contributed by atoms with E-state index in [4.69, 9.17) is 21.1 Å². The molecule has 1 N–H and O–H groups in total. The SMILES string of the molecule is COc1cc(/C=N/NC(=O)Cc2ccccc2[N+](=O)[O-])cc(Cl)c1OCc1cccc(C)c1. The highest BCUT2D eigenvalue weighted by atomic mass is 35.5. The van der Waals surface area contributed by atoms with Gasteiger partial charge in [0.05, 0.1) is 29.7 Å². The number of nitro benzene ring substituents is 1. The molecule has 0 saturated heterocycles. The molecule has 33 heavy (non-hydrogen) atoms. The third-order valence-corrected chi connectivity index (χ3v) is 4.94. The minimum atomic E-state index is -0.525. The normalized spacial score (nSPS) is 10.8. The fourth-order valence-corrected chi connectivity index (χ4v) is 3.42. The van der Waals surface area contributed by atoms with Gasteiger partial charge in [0.15, 0.2) is 11.5 Å². The van der Waals surface area contributed by atoms with Gasteiger partial charge in [-0.25, -0.2) is 5.43 Å². The van der Waals surface area contributed by atoms with Crippen molar-refractivity contribution >= 4 is 29.4 Å². The molecule has 0 aromatic heterocycles. The van der Waals surface area contributed by atoms with E-state index in [9.17, 15) is 14.9 Å². The quantitative estimate of drug-likeness (QED) is 0.275. The van der Waals surface area contributed by atoms with Gasteiger partial charge in [-0.15, -0.1) is 0 Å². The first kappa shape index (κ1) is 23.7. The Bertz CT molecular complexity index is 1200. The van der Waals surface area contributed by atoms with Gasteiger partial charge in [0, 0.05) is 11.6 Å². The number of hydrogen-bond acceptors (Lipinski definition) is 6. The van der Waals surface area contributed by atoms with Crippen molar-refractivity contribution in [1.29, 1.82) is 0 Å². The van der Waals surface area contributed by atoms with Crippen LogP contribution in [-0.2, 0) is 17.8 Å². The van der Waals surface area contributed by atoms with E-state index in [0.29, 0.717) is 34.3 Å². The summed E-state index contributed by atoms with van der Waals surface area (Å²) >= 11 is 6.39. The lowest BCUT2D eigenvalue weighted by molar-refractivity contribution is -0.385. The van der Waals surface area contributed by atoms with Crippen molar-refractivity contribution in [3.05, 3.63) is 98.1 Å². The highest BCUT2D eigenvalue weighted by molar-refractivity contribution is 6.32. The molecule has 0 radical (unpaired) electrons. The number of ether oxygens (including phenoxy) is 2. The lowest BCUT2D eigenvalue weighted by Crippen LogP contribution is -2.20. The molecule has 0 heterocycles. The average Bonchev–Trinajstić information content (AvgIpc) is 2.78.